The summed E-state index contributed by atoms with van der Waals surface area (Å²) in [5, 5.41) is 6.12. The maximum absolute atomic E-state index is 11.7. The van der Waals surface area contributed by atoms with Gasteiger partial charge < -0.3 is 10.6 Å². The summed E-state index contributed by atoms with van der Waals surface area (Å²) in [6, 6.07) is 8.09. The minimum atomic E-state index is 0. The number of hydrogen-bond donors (Lipinski definition) is 2. The zero-order valence-electron chi connectivity index (χ0n) is 9.57. The highest BCUT2D eigenvalue weighted by atomic mass is 79.9. The summed E-state index contributed by atoms with van der Waals surface area (Å²) in [5.74, 6) is 0.298. The van der Waals surface area contributed by atoms with Crippen molar-refractivity contribution >= 4 is 34.2 Å². The molecule has 0 radical (unpaired) electrons. The molecule has 1 amide bonds. The van der Waals surface area contributed by atoms with Crippen LogP contribution in [0.4, 0.5) is 0 Å². The van der Waals surface area contributed by atoms with Gasteiger partial charge in [0.1, 0.15) is 0 Å². The average molecular weight is 320 g/mol. The van der Waals surface area contributed by atoms with Crippen molar-refractivity contribution < 1.29 is 4.79 Å². The van der Waals surface area contributed by atoms with Crippen molar-refractivity contribution in [2.75, 3.05) is 13.1 Å². The number of rotatable bonds is 3. The first kappa shape index (κ1) is 14.5. The lowest BCUT2D eigenvalue weighted by atomic mass is 10.0. The molecular weight excluding hydrogens is 304 g/mol. The predicted molar refractivity (Wildman–Crippen MR) is 74.3 cm³/mol. The molecule has 1 aliphatic heterocycles. The van der Waals surface area contributed by atoms with E-state index in [4.69, 9.17) is 0 Å². The molecule has 5 heteroatoms. The molecule has 0 spiro atoms. The van der Waals surface area contributed by atoms with Gasteiger partial charge in [-0.25, -0.2) is 0 Å². The van der Waals surface area contributed by atoms with Crippen molar-refractivity contribution in [2.24, 2.45) is 5.92 Å². The third-order valence-corrected chi connectivity index (χ3v) is 3.41. The summed E-state index contributed by atoms with van der Waals surface area (Å²) in [7, 11) is 0. The standard InChI is InChI=1S/C12H15BrN2O.ClH/c1-8(9-2-4-11(13)5-3-9)15-12(16)10-6-14-7-10;/h2-5,8,10,14H,6-7H2,1H3,(H,15,16);1H. The van der Waals surface area contributed by atoms with Crippen LogP contribution >= 0.6 is 28.3 Å². The third-order valence-electron chi connectivity index (χ3n) is 2.88. The van der Waals surface area contributed by atoms with Crippen LogP contribution in [-0.4, -0.2) is 19.0 Å². The molecule has 1 unspecified atom stereocenters. The Labute approximate surface area is 116 Å². The van der Waals surface area contributed by atoms with Crippen LogP contribution in [0.15, 0.2) is 28.7 Å². The number of carbonyl (C=O) groups excluding carboxylic acids is 1. The van der Waals surface area contributed by atoms with Crippen LogP contribution < -0.4 is 10.6 Å². The van der Waals surface area contributed by atoms with E-state index in [-0.39, 0.29) is 30.3 Å². The molecule has 0 saturated carbocycles. The van der Waals surface area contributed by atoms with Crippen LogP contribution in [0.5, 0.6) is 0 Å². The Hall–Kier alpha value is -0.580. The Morgan fingerprint density at radius 2 is 2.00 bits per heavy atom. The van der Waals surface area contributed by atoms with Gasteiger partial charge in [0, 0.05) is 17.6 Å². The smallest absolute Gasteiger partial charge is 0.226 e. The fourth-order valence-corrected chi connectivity index (χ4v) is 1.90. The predicted octanol–water partition coefficient (Wildman–Crippen LogP) is 2.27. The van der Waals surface area contributed by atoms with Gasteiger partial charge >= 0.3 is 0 Å². The molecular formula is C12H16BrClN2O. The van der Waals surface area contributed by atoms with Gasteiger partial charge in [-0.2, -0.15) is 0 Å². The average Bonchev–Trinajstić information content (AvgIpc) is 2.15. The van der Waals surface area contributed by atoms with Crippen LogP contribution in [0.3, 0.4) is 0 Å². The molecule has 1 aromatic carbocycles. The number of amides is 1. The van der Waals surface area contributed by atoms with E-state index in [2.05, 4.69) is 26.6 Å². The summed E-state index contributed by atoms with van der Waals surface area (Å²) in [6.07, 6.45) is 0. The second kappa shape index (κ2) is 6.38. The topological polar surface area (TPSA) is 41.1 Å². The van der Waals surface area contributed by atoms with Gasteiger partial charge in [0.15, 0.2) is 0 Å². The molecule has 1 aromatic rings. The van der Waals surface area contributed by atoms with Crippen LogP contribution in [0.25, 0.3) is 0 Å². The lowest BCUT2D eigenvalue weighted by molar-refractivity contribution is -0.127. The lowest BCUT2D eigenvalue weighted by Crippen LogP contribution is -2.51. The zero-order chi connectivity index (χ0) is 11.5. The number of nitrogens with one attached hydrogen (secondary N) is 2. The van der Waals surface area contributed by atoms with Crippen molar-refractivity contribution in [3.8, 4) is 0 Å². The first-order valence-electron chi connectivity index (χ1n) is 5.43. The summed E-state index contributed by atoms with van der Waals surface area (Å²) >= 11 is 3.39. The Balaban J connectivity index is 0.00000144. The van der Waals surface area contributed by atoms with Crippen molar-refractivity contribution in [1.29, 1.82) is 0 Å². The van der Waals surface area contributed by atoms with Crippen molar-refractivity contribution in [2.45, 2.75) is 13.0 Å². The van der Waals surface area contributed by atoms with E-state index in [0.717, 1.165) is 23.1 Å². The molecule has 1 heterocycles. The van der Waals surface area contributed by atoms with E-state index in [1.807, 2.05) is 31.2 Å². The second-order valence-corrected chi connectivity index (χ2v) is 5.05. The van der Waals surface area contributed by atoms with Crippen molar-refractivity contribution in [3.63, 3.8) is 0 Å². The lowest BCUT2D eigenvalue weighted by Gasteiger charge is -2.27. The molecule has 3 nitrogen and oxygen atoms in total. The van der Waals surface area contributed by atoms with Crippen LogP contribution in [-0.2, 0) is 4.79 Å². The summed E-state index contributed by atoms with van der Waals surface area (Å²) in [5.41, 5.74) is 1.13. The Morgan fingerprint density at radius 1 is 1.41 bits per heavy atom. The maximum atomic E-state index is 11.7. The number of benzene rings is 1. The highest BCUT2D eigenvalue weighted by molar-refractivity contribution is 9.10. The van der Waals surface area contributed by atoms with E-state index in [0.29, 0.717) is 0 Å². The fourth-order valence-electron chi connectivity index (χ4n) is 1.64. The molecule has 1 atom stereocenters. The molecule has 1 aliphatic rings. The van der Waals surface area contributed by atoms with Crippen LogP contribution in [0, 0.1) is 5.92 Å². The molecule has 1 saturated heterocycles. The zero-order valence-corrected chi connectivity index (χ0v) is 12.0. The molecule has 2 rings (SSSR count). The van der Waals surface area contributed by atoms with Crippen molar-refractivity contribution in [1.82, 2.24) is 10.6 Å². The molecule has 0 aliphatic carbocycles. The second-order valence-electron chi connectivity index (χ2n) is 4.14. The van der Waals surface area contributed by atoms with E-state index in [1.54, 1.807) is 0 Å². The quantitative estimate of drug-likeness (QED) is 0.897. The SMILES string of the molecule is CC(NC(=O)C1CNC1)c1ccc(Br)cc1.Cl. The van der Waals surface area contributed by atoms with E-state index < -0.39 is 0 Å². The molecule has 0 bridgehead atoms. The van der Waals surface area contributed by atoms with Crippen molar-refractivity contribution in [3.05, 3.63) is 34.3 Å². The molecule has 94 valence electrons. The first-order chi connectivity index (χ1) is 7.66. The van der Waals surface area contributed by atoms with E-state index in [9.17, 15) is 4.79 Å². The van der Waals surface area contributed by atoms with Gasteiger partial charge in [0.05, 0.1) is 12.0 Å². The van der Waals surface area contributed by atoms with Crippen LogP contribution in [0.1, 0.15) is 18.5 Å². The van der Waals surface area contributed by atoms with Gasteiger partial charge in [0.2, 0.25) is 5.91 Å². The summed E-state index contributed by atoms with van der Waals surface area (Å²) < 4.78 is 1.05. The third kappa shape index (κ3) is 3.69. The Bertz CT molecular complexity index is 379. The van der Waals surface area contributed by atoms with Gasteiger partial charge in [-0.15, -0.1) is 12.4 Å². The summed E-state index contributed by atoms with van der Waals surface area (Å²) in [4.78, 5) is 11.7. The molecule has 2 N–H and O–H groups in total. The fraction of sp³-hybridized carbons (Fsp3) is 0.417. The monoisotopic (exact) mass is 318 g/mol. The number of carbonyl (C=O) groups is 1. The van der Waals surface area contributed by atoms with Gasteiger partial charge in [-0.1, -0.05) is 28.1 Å². The minimum absolute atomic E-state index is 0. The largest absolute Gasteiger partial charge is 0.349 e. The van der Waals surface area contributed by atoms with Gasteiger partial charge in [0.25, 0.3) is 0 Å². The van der Waals surface area contributed by atoms with E-state index in [1.165, 1.54) is 0 Å². The molecule has 17 heavy (non-hydrogen) atoms. The molecule has 1 fully saturated rings. The van der Waals surface area contributed by atoms with Gasteiger partial charge in [-0.05, 0) is 24.6 Å². The van der Waals surface area contributed by atoms with Gasteiger partial charge in [-0.3, -0.25) is 4.79 Å². The number of hydrogen-bond acceptors (Lipinski definition) is 2. The highest BCUT2D eigenvalue weighted by Crippen LogP contribution is 2.17. The maximum Gasteiger partial charge on any atom is 0.226 e. The highest BCUT2D eigenvalue weighted by Gasteiger charge is 2.25. The normalized spacial score (nSPS) is 16.6. The van der Waals surface area contributed by atoms with E-state index >= 15 is 0 Å². The Kier molecular flexibility index (Phi) is 5.43. The first-order valence-corrected chi connectivity index (χ1v) is 6.22. The number of halogens is 2. The molecule has 0 aromatic heterocycles. The minimum Gasteiger partial charge on any atom is -0.349 e. The Morgan fingerprint density at radius 3 is 2.47 bits per heavy atom. The van der Waals surface area contributed by atoms with Crippen LogP contribution in [0.2, 0.25) is 0 Å². The summed E-state index contributed by atoms with van der Waals surface area (Å²) in [6.45, 7) is 3.62.